The van der Waals surface area contributed by atoms with E-state index in [2.05, 4.69) is 4.72 Å². The van der Waals surface area contributed by atoms with Crippen molar-refractivity contribution in [2.75, 3.05) is 12.8 Å². The summed E-state index contributed by atoms with van der Waals surface area (Å²) in [5, 5.41) is 0. The van der Waals surface area contributed by atoms with E-state index in [0.717, 1.165) is 17.7 Å². The van der Waals surface area contributed by atoms with Crippen LogP contribution in [0.15, 0.2) is 34.1 Å². The summed E-state index contributed by atoms with van der Waals surface area (Å²) in [6.45, 7) is 0.315. The summed E-state index contributed by atoms with van der Waals surface area (Å²) in [4.78, 5) is 1.09. The van der Waals surface area contributed by atoms with E-state index in [0.29, 0.717) is 17.4 Å². The Kier molecular flexibility index (Phi) is 4.32. The number of thioether (sulfide) groups is 1. The molecular formula is C12H18N2O2S2. The molecule has 1 saturated carbocycles. The molecule has 6 heteroatoms. The summed E-state index contributed by atoms with van der Waals surface area (Å²) in [5.41, 5.74) is 5.90. The molecule has 100 valence electrons. The number of benzene rings is 1. The van der Waals surface area contributed by atoms with Crippen LogP contribution in [-0.2, 0) is 10.0 Å². The van der Waals surface area contributed by atoms with E-state index in [1.54, 1.807) is 18.2 Å². The molecule has 1 fully saturated rings. The van der Waals surface area contributed by atoms with Gasteiger partial charge in [-0.3, -0.25) is 0 Å². The summed E-state index contributed by atoms with van der Waals surface area (Å²) >= 11 is 1.42. The number of hydrogen-bond donors (Lipinski definition) is 2. The highest BCUT2D eigenvalue weighted by Crippen LogP contribution is 2.31. The molecule has 0 saturated heterocycles. The van der Waals surface area contributed by atoms with Gasteiger partial charge in [-0.05, 0) is 37.1 Å². The molecule has 1 atom stereocenters. The van der Waals surface area contributed by atoms with Crippen LogP contribution < -0.4 is 10.5 Å². The van der Waals surface area contributed by atoms with E-state index in [9.17, 15) is 8.42 Å². The molecule has 0 radical (unpaired) electrons. The lowest BCUT2D eigenvalue weighted by atomic mass is 10.2. The van der Waals surface area contributed by atoms with Crippen molar-refractivity contribution in [1.29, 1.82) is 0 Å². The number of nitrogens with two attached hydrogens (primary N) is 1. The van der Waals surface area contributed by atoms with Crippen LogP contribution in [0.4, 0.5) is 0 Å². The molecule has 2 rings (SSSR count). The first-order valence-electron chi connectivity index (χ1n) is 5.93. The molecule has 0 amide bonds. The molecule has 0 heterocycles. The molecule has 0 aromatic heterocycles. The maximum Gasteiger partial charge on any atom is 0.241 e. The van der Waals surface area contributed by atoms with E-state index in [-0.39, 0.29) is 6.04 Å². The van der Waals surface area contributed by atoms with E-state index >= 15 is 0 Å². The second-order valence-corrected chi connectivity index (χ2v) is 7.09. The average molecular weight is 286 g/mol. The maximum atomic E-state index is 12.2. The third-order valence-electron chi connectivity index (χ3n) is 3.10. The van der Waals surface area contributed by atoms with Crippen molar-refractivity contribution in [3.63, 3.8) is 0 Å². The number of nitrogens with one attached hydrogen (secondary N) is 1. The molecule has 0 bridgehead atoms. The predicted octanol–water partition coefficient (Wildman–Crippen LogP) is 1.42. The maximum absolute atomic E-state index is 12.2. The van der Waals surface area contributed by atoms with Gasteiger partial charge in [-0.25, -0.2) is 13.1 Å². The summed E-state index contributed by atoms with van der Waals surface area (Å²) in [5.74, 6) is 0.489. The molecule has 1 aliphatic carbocycles. The highest BCUT2D eigenvalue weighted by atomic mass is 32.2. The summed E-state index contributed by atoms with van der Waals surface area (Å²) < 4.78 is 27.0. The third kappa shape index (κ3) is 3.26. The predicted molar refractivity (Wildman–Crippen MR) is 74.1 cm³/mol. The quantitative estimate of drug-likeness (QED) is 0.776. The topological polar surface area (TPSA) is 72.2 Å². The van der Waals surface area contributed by atoms with Crippen LogP contribution in [0.3, 0.4) is 0 Å². The van der Waals surface area contributed by atoms with Crippen LogP contribution in [0.25, 0.3) is 0 Å². The fraction of sp³-hybridized carbons (Fsp3) is 0.500. The average Bonchev–Trinajstić information content (AvgIpc) is 3.20. The van der Waals surface area contributed by atoms with E-state index in [1.165, 1.54) is 11.8 Å². The Morgan fingerprint density at radius 3 is 2.72 bits per heavy atom. The molecule has 0 spiro atoms. The Labute approximate surface area is 112 Å². The second kappa shape index (κ2) is 5.61. The smallest absolute Gasteiger partial charge is 0.241 e. The van der Waals surface area contributed by atoms with Gasteiger partial charge in [-0.2, -0.15) is 0 Å². The van der Waals surface area contributed by atoms with Crippen LogP contribution in [0, 0.1) is 5.92 Å². The van der Waals surface area contributed by atoms with Gasteiger partial charge >= 0.3 is 0 Å². The third-order valence-corrected chi connectivity index (χ3v) is 5.50. The number of sulfonamides is 1. The van der Waals surface area contributed by atoms with E-state index in [4.69, 9.17) is 5.73 Å². The molecule has 1 aliphatic rings. The Bertz CT molecular complexity index is 513. The Balaban J connectivity index is 2.09. The summed E-state index contributed by atoms with van der Waals surface area (Å²) in [6, 6.07) is 6.92. The fourth-order valence-electron chi connectivity index (χ4n) is 1.82. The molecule has 1 aromatic rings. The molecule has 3 N–H and O–H groups in total. The van der Waals surface area contributed by atoms with Gasteiger partial charge < -0.3 is 5.73 Å². The van der Waals surface area contributed by atoms with Crippen molar-refractivity contribution in [3.05, 3.63) is 24.3 Å². The Hall–Kier alpha value is -0.560. The van der Waals surface area contributed by atoms with Crippen molar-refractivity contribution in [3.8, 4) is 0 Å². The lowest BCUT2D eigenvalue weighted by Crippen LogP contribution is -2.38. The largest absolute Gasteiger partial charge is 0.326 e. The van der Waals surface area contributed by atoms with Crippen molar-refractivity contribution in [2.24, 2.45) is 11.7 Å². The van der Waals surface area contributed by atoms with Crippen molar-refractivity contribution >= 4 is 21.8 Å². The lowest BCUT2D eigenvalue weighted by Gasteiger charge is -2.13. The fourth-order valence-corrected chi connectivity index (χ4v) is 4.04. The summed E-state index contributed by atoms with van der Waals surface area (Å²) in [7, 11) is -3.45. The first-order chi connectivity index (χ1) is 8.54. The zero-order valence-corrected chi connectivity index (χ0v) is 11.9. The van der Waals surface area contributed by atoms with Crippen LogP contribution in [0.5, 0.6) is 0 Å². The minimum atomic E-state index is -3.45. The Morgan fingerprint density at radius 1 is 1.44 bits per heavy atom. The second-order valence-electron chi connectivity index (χ2n) is 4.50. The van der Waals surface area contributed by atoms with Crippen LogP contribution in [-0.4, -0.2) is 27.3 Å². The van der Waals surface area contributed by atoms with Gasteiger partial charge in [0.25, 0.3) is 0 Å². The highest BCUT2D eigenvalue weighted by molar-refractivity contribution is 7.99. The molecule has 0 aliphatic heterocycles. The SMILES string of the molecule is CSc1ccccc1S(=O)(=O)NCC(N)C1CC1. The lowest BCUT2D eigenvalue weighted by molar-refractivity contribution is 0.546. The zero-order chi connectivity index (χ0) is 13.2. The molecule has 1 unspecified atom stereocenters. The van der Waals surface area contributed by atoms with Gasteiger partial charge in [-0.15, -0.1) is 11.8 Å². The van der Waals surface area contributed by atoms with E-state index < -0.39 is 10.0 Å². The monoisotopic (exact) mass is 286 g/mol. The van der Waals surface area contributed by atoms with Gasteiger partial charge in [-0.1, -0.05) is 12.1 Å². The first kappa shape index (κ1) is 13.9. The normalized spacial score (nSPS) is 17.7. The van der Waals surface area contributed by atoms with Crippen molar-refractivity contribution < 1.29 is 8.42 Å². The van der Waals surface area contributed by atoms with Crippen LogP contribution >= 0.6 is 11.8 Å². The van der Waals surface area contributed by atoms with Gasteiger partial charge in [0.05, 0.1) is 4.90 Å². The number of rotatable bonds is 6. The summed E-state index contributed by atoms with van der Waals surface area (Å²) in [6.07, 6.45) is 4.10. The van der Waals surface area contributed by atoms with Gasteiger partial charge in [0.2, 0.25) is 10.0 Å². The van der Waals surface area contributed by atoms with E-state index in [1.807, 2.05) is 12.3 Å². The minimum Gasteiger partial charge on any atom is -0.326 e. The number of hydrogen-bond acceptors (Lipinski definition) is 4. The minimum absolute atomic E-state index is 0.0683. The van der Waals surface area contributed by atoms with Crippen molar-refractivity contribution in [1.82, 2.24) is 4.72 Å². The van der Waals surface area contributed by atoms with Crippen LogP contribution in [0.2, 0.25) is 0 Å². The van der Waals surface area contributed by atoms with Gasteiger partial charge in [0.15, 0.2) is 0 Å². The Morgan fingerprint density at radius 2 is 2.11 bits per heavy atom. The molecule has 4 nitrogen and oxygen atoms in total. The zero-order valence-electron chi connectivity index (χ0n) is 10.3. The molecular weight excluding hydrogens is 268 g/mol. The van der Waals surface area contributed by atoms with Crippen molar-refractivity contribution in [2.45, 2.75) is 28.7 Å². The van der Waals surface area contributed by atoms with Gasteiger partial charge in [0, 0.05) is 17.5 Å². The van der Waals surface area contributed by atoms with Crippen LogP contribution in [0.1, 0.15) is 12.8 Å². The molecule has 1 aromatic carbocycles. The van der Waals surface area contributed by atoms with Gasteiger partial charge in [0.1, 0.15) is 0 Å². The standard InChI is InChI=1S/C12H18N2O2S2/c1-17-11-4-2-3-5-12(11)18(15,16)14-8-10(13)9-6-7-9/h2-5,9-10,14H,6-8,13H2,1H3. The first-order valence-corrected chi connectivity index (χ1v) is 8.63. The highest BCUT2D eigenvalue weighted by Gasteiger charge is 2.29. The molecule has 18 heavy (non-hydrogen) atoms.